The summed E-state index contributed by atoms with van der Waals surface area (Å²) in [7, 11) is 0. The van der Waals surface area contributed by atoms with Gasteiger partial charge in [-0.1, -0.05) is 40.6 Å². The van der Waals surface area contributed by atoms with Crippen molar-refractivity contribution in [3.05, 3.63) is 50.9 Å². The number of fused-ring (bicyclic) bond motifs is 1. The minimum Gasteiger partial charge on any atom is -0.370 e. The molecular formula is C26H32Cl2N5O2S+. The Morgan fingerprint density at radius 3 is 2.78 bits per heavy atom. The standard InChI is InChI=1S/C26H31Cl2N5O2S/c27-19-5-4-18(17-20(19)28)22-3-1-10-32(22)11-2-12-33(13-15-35-16-14-33)24-8-6-21-26(31-24)36-25(30-21)9-7-23(29)34/h4-6,8,17,22H,1-3,7,9-16H2,(H-,29,34)/p+1. The summed E-state index contributed by atoms with van der Waals surface area (Å²) in [5, 5.41) is 2.14. The summed E-state index contributed by atoms with van der Waals surface area (Å²) in [5.41, 5.74) is 7.45. The first-order valence-corrected chi connectivity index (χ1v) is 14.2. The Balaban J connectivity index is 1.29. The zero-order chi connectivity index (χ0) is 25.1. The van der Waals surface area contributed by atoms with Crippen molar-refractivity contribution in [1.29, 1.82) is 0 Å². The first kappa shape index (κ1) is 25.8. The molecule has 2 saturated heterocycles. The number of pyridine rings is 1. The predicted octanol–water partition coefficient (Wildman–Crippen LogP) is 4.98. The van der Waals surface area contributed by atoms with Crippen molar-refractivity contribution in [3.8, 4) is 0 Å². The highest BCUT2D eigenvalue weighted by Crippen LogP contribution is 2.35. The van der Waals surface area contributed by atoms with E-state index in [1.54, 1.807) is 11.3 Å². The summed E-state index contributed by atoms with van der Waals surface area (Å²) in [4.78, 5) is 24.4. The number of hydrogen-bond donors (Lipinski definition) is 1. The van der Waals surface area contributed by atoms with Crippen LogP contribution in [0.2, 0.25) is 10.0 Å². The summed E-state index contributed by atoms with van der Waals surface area (Å²) in [6.45, 7) is 6.46. The molecule has 2 fully saturated rings. The van der Waals surface area contributed by atoms with E-state index < -0.39 is 0 Å². The highest BCUT2D eigenvalue weighted by molar-refractivity contribution is 7.18. The molecule has 1 amide bonds. The van der Waals surface area contributed by atoms with Gasteiger partial charge in [-0.2, -0.15) is 4.98 Å². The first-order chi connectivity index (χ1) is 17.4. The van der Waals surface area contributed by atoms with E-state index in [2.05, 4.69) is 28.1 Å². The fourth-order valence-electron chi connectivity index (χ4n) is 5.48. The second kappa shape index (κ2) is 11.3. The SMILES string of the molecule is NC(=O)CCc1nc2ccc([N+]3(CCCN4CCCC4c4ccc(Cl)c(Cl)c4)CCOCC3)nc2s1. The van der Waals surface area contributed by atoms with Gasteiger partial charge in [0.1, 0.15) is 23.4 Å². The molecule has 10 heteroatoms. The highest BCUT2D eigenvalue weighted by atomic mass is 35.5. The van der Waals surface area contributed by atoms with Crippen LogP contribution in [-0.4, -0.2) is 66.7 Å². The van der Waals surface area contributed by atoms with Gasteiger partial charge in [0.2, 0.25) is 11.7 Å². The van der Waals surface area contributed by atoms with Crippen molar-refractivity contribution < 1.29 is 9.53 Å². The number of primary amides is 1. The summed E-state index contributed by atoms with van der Waals surface area (Å²) >= 11 is 14.0. The number of halogens is 2. The molecule has 7 nitrogen and oxygen atoms in total. The monoisotopic (exact) mass is 548 g/mol. The van der Waals surface area contributed by atoms with Crippen molar-refractivity contribution in [2.45, 2.75) is 38.1 Å². The maximum absolute atomic E-state index is 11.2. The van der Waals surface area contributed by atoms with Gasteiger partial charge in [0.25, 0.3) is 0 Å². The third-order valence-corrected chi connectivity index (χ3v) is 9.17. The molecule has 0 aliphatic carbocycles. The molecule has 36 heavy (non-hydrogen) atoms. The summed E-state index contributed by atoms with van der Waals surface area (Å²) < 4.78 is 6.57. The molecule has 1 atom stereocenters. The maximum atomic E-state index is 11.2. The van der Waals surface area contributed by atoms with Crippen LogP contribution < -0.4 is 10.2 Å². The molecule has 1 unspecified atom stereocenters. The smallest absolute Gasteiger partial charge is 0.229 e. The van der Waals surface area contributed by atoms with Crippen LogP contribution in [0.1, 0.15) is 42.3 Å². The van der Waals surface area contributed by atoms with Crippen molar-refractivity contribution >= 4 is 56.6 Å². The lowest BCUT2D eigenvalue weighted by Gasteiger charge is -2.40. The van der Waals surface area contributed by atoms with Crippen LogP contribution in [0.3, 0.4) is 0 Å². The maximum Gasteiger partial charge on any atom is 0.229 e. The van der Waals surface area contributed by atoms with Gasteiger partial charge in [0, 0.05) is 37.9 Å². The van der Waals surface area contributed by atoms with Gasteiger partial charge >= 0.3 is 0 Å². The number of nitrogens with two attached hydrogens (primary N) is 1. The number of ether oxygens (including phenoxy) is 1. The lowest BCUT2D eigenvalue weighted by atomic mass is 10.0. The number of rotatable bonds is 9. The minimum atomic E-state index is -0.305. The second-order valence-corrected chi connectivity index (χ2v) is 11.6. The molecule has 4 heterocycles. The third kappa shape index (κ3) is 5.69. The van der Waals surface area contributed by atoms with Crippen LogP contribution in [-0.2, 0) is 16.0 Å². The fourth-order valence-corrected chi connectivity index (χ4v) is 6.72. The number of thiazole rings is 1. The van der Waals surface area contributed by atoms with Gasteiger partial charge in [-0.3, -0.25) is 14.2 Å². The van der Waals surface area contributed by atoms with Gasteiger partial charge in [-0.25, -0.2) is 4.98 Å². The summed E-state index contributed by atoms with van der Waals surface area (Å²) in [6.07, 6.45) is 4.29. The number of nitrogens with zero attached hydrogens (tertiary/aromatic N) is 4. The van der Waals surface area contributed by atoms with Crippen LogP contribution in [0.15, 0.2) is 30.3 Å². The zero-order valence-corrected chi connectivity index (χ0v) is 22.6. The summed E-state index contributed by atoms with van der Waals surface area (Å²) in [5.74, 6) is 0.776. The molecule has 2 aromatic heterocycles. The quantitative estimate of drug-likeness (QED) is 0.381. The van der Waals surface area contributed by atoms with Crippen molar-refractivity contribution in [2.24, 2.45) is 5.73 Å². The Labute approximate surface area is 225 Å². The van der Waals surface area contributed by atoms with E-state index in [-0.39, 0.29) is 5.91 Å². The van der Waals surface area contributed by atoms with Gasteiger partial charge in [-0.05, 0) is 43.1 Å². The van der Waals surface area contributed by atoms with E-state index >= 15 is 0 Å². The van der Waals surface area contributed by atoms with E-state index in [0.29, 0.717) is 28.9 Å². The zero-order valence-electron chi connectivity index (χ0n) is 20.3. The molecule has 2 N–H and O–H groups in total. The van der Waals surface area contributed by atoms with E-state index in [1.165, 1.54) is 12.0 Å². The topological polar surface area (TPSA) is 81.3 Å². The van der Waals surface area contributed by atoms with Gasteiger partial charge in [-0.15, -0.1) is 0 Å². The highest BCUT2D eigenvalue weighted by Gasteiger charge is 2.35. The fraction of sp³-hybridized carbons (Fsp3) is 0.500. The normalized spacial score (nSPS) is 20.2. The average molecular weight is 550 g/mol. The summed E-state index contributed by atoms with van der Waals surface area (Å²) in [6, 6.07) is 10.6. The molecular weight excluding hydrogens is 517 g/mol. The van der Waals surface area contributed by atoms with E-state index in [1.807, 2.05) is 12.1 Å². The number of aryl methyl sites for hydroxylation is 1. The number of hydrogen-bond acceptors (Lipinski definition) is 6. The lowest BCUT2D eigenvalue weighted by molar-refractivity contribution is -0.117. The number of carbonyl (C=O) groups is 1. The molecule has 1 aromatic carbocycles. The predicted molar refractivity (Wildman–Crippen MR) is 147 cm³/mol. The minimum absolute atomic E-state index is 0.305. The van der Waals surface area contributed by atoms with Crippen molar-refractivity contribution in [1.82, 2.24) is 19.4 Å². The van der Waals surface area contributed by atoms with Gasteiger partial charge in [0.15, 0.2) is 0 Å². The molecule has 0 radical (unpaired) electrons. The van der Waals surface area contributed by atoms with Crippen LogP contribution in [0, 0.1) is 0 Å². The molecule has 192 valence electrons. The van der Waals surface area contributed by atoms with Crippen LogP contribution in [0.4, 0.5) is 5.82 Å². The number of benzene rings is 1. The average Bonchev–Trinajstić information content (AvgIpc) is 3.51. The molecule has 0 bridgehead atoms. The number of carbonyl (C=O) groups excluding carboxylic acids is 1. The van der Waals surface area contributed by atoms with Crippen molar-refractivity contribution in [2.75, 3.05) is 45.9 Å². The Bertz CT molecular complexity index is 1230. The largest absolute Gasteiger partial charge is 0.370 e. The van der Waals surface area contributed by atoms with E-state index in [4.69, 9.17) is 38.7 Å². The number of likely N-dealkylation sites (tertiary alicyclic amines) is 1. The Morgan fingerprint density at radius 2 is 2.00 bits per heavy atom. The number of amides is 1. The Kier molecular flexibility index (Phi) is 8.10. The van der Waals surface area contributed by atoms with Gasteiger partial charge in [0.05, 0.1) is 34.8 Å². The molecule has 2 aliphatic heterocycles. The number of quaternary nitrogens is 1. The van der Waals surface area contributed by atoms with Gasteiger partial charge < -0.3 is 10.5 Å². The van der Waals surface area contributed by atoms with Crippen LogP contribution in [0.5, 0.6) is 0 Å². The van der Waals surface area contributed by atoms with E-state index in [9.17, 15) is 4.79 Å². The van der Waals surface area contributed by atoms with Crippen molar-refractivity contribution in [3.63, 3.8) is 0 Å². The second-order valence-electron chi connectivity index (χ2n) is 9.72. The van der Waals surface area contributed by atoms with E-state index in [0.717, 1.165) is 84.4 Å². The molecule has 0 spiro atoms. The lowest BCUT2D eigenvalue weighted by Crippen LogP contribution is -2.57. The first-order valence-electron chi connectivity index (χ1n) is 12.6. The number of aromatic nitrogens is 2. The number of morpholine rings is 1. The van der Waals surface area contributed by atoms with Crippen LogP contribution in [0.25, 0.3) is 10.3 Å². The molecule has 3 aromatic rings. The third-order valence-electron chi connectivity index (χ3n) is 7.41. The van der Waals surface area contributed by atoms with Crippen LogP contribution >= 0.6 is 34.5 Å². The molecule has 0 saturated carbocycles. The molecule has 5 rings (SSSR count). The molecule has 2 aliphatic rings. The Morgan fingerprint density at radius 1 is 1.17 bits per heavy atom. The Hall–Kier alpha value is -1.81.